The maximum Gasteiger partial charge on any atom is 0.336 e. The highest BCUT2D eigenvalue weighted by Crippen LogP contribution is 2.39. The van der Waals surface area contributed by atoms with Gasteiger partial charge in [0.25, 0.3) is 0 Å². The van der Waals surface area contributed by atoms with Crippen molar-refractivity contribution >= 4 is 11.9 Å². The number of carbonyl (C=O) groups excluding carboxylic acids is 2. The van der Waals surface area contributed by atoms with Gasteiger partial charge in [0.1, 0.15) is 6.61 Å². The first kappa shape index (κ1) is 22.1. The highest BCUT2D eigenvalue weighted by atomic mass is 16.5. The number of carbonyl (C=O) groups is 2. The molecule has 1 atom stereocenters. The second-order valence-electron chi connectivity index (χ2n) is 7.36. The quantitative estimate of drug-likeness (QED) is 0.687. The normalized spacial score (nSPS) is 20.0. The Balaban J connectivity index is 1.83. The molecule has 7 nitrogen and oxygen atoms in total. The van der Waals surface area contributed by atoms with Gasteiger partial charge in [0, 0.05) is 31.0 Å². The number of allylic oxidation sites excluding steroid dienone is 2. The van der Waals surface area contributed by atoms with Crippen molar-refractivity contribution in [1.82, 2.24) is 10.2 Å². The van der Waals surface area contributed by atoms with Gasteiger partial charge < -0.3 is 19.5 Å². The molecule has 1 N–H and O–H groups in total. The number of rotatable bonds is 7. The lowest BCUT2D eigenvalue weighted by Crippen LogP contribution is -2.39. The first-order valence-corrected chi connectivity index (χ1v) is 10.4. The zero-order valence-electron chi connectivity index (χ0n) is 17.9. The molecule has 1 aromatic rings. The molecule has 1 unspecified atom stereocenters. The summed E-state index contributed by atoms with van der Waals surface area (Å²) in [4.78, 5) is 28.1. The van der Waals surface area contributed by atoms with Gasteiger partial charge in [0.15, 0.2) is 0 Å². The molecule has 0 bridgehead atoms. The van der Waals surface area contributed by atoms with Crippen molar-refractivity contribution in [2.45, 2.75) is 26.7 Å². The zero-order chi connectivity index (χ0) is 21.5. The van der Waals surface area contributed by atoms with E-state index in [0.717, 1.165) is 18.7 Å². The van der Waals surface area contributed by atoms with E-state index in [9.17, 15) is 9.59 Å². The fraction of sp³-hybridized carbons (Fsp3) is 0.478. The highest BCUT2D eigenvalue weighted by Gasteiger charge is 2.37. The van der Waals surface area contributed by atoms with E-state index in [1.165, 1.54) is 0 Å². The second kappa shape index (κ2) is 10.4. The summed E-state index contributed by atoms with van der Waals surface area (Å²) in [7, 11) is 0. The topological polar surface area (TPSA) is 77.1 Å². The Morgan fingerprint density at radius 1 is 1.03 bits per heavy atom. The first-order chi connectivity index (χ1) is 14.5. The molecule has 7 heteroatoms. The van der Waals surface area contributed by atoms with Gasteiger partial charge in [-0.25, -0.2) is 9.59 Å². The van der Waals surface area contributed by atoms with E-state index in [2.05, 4.69) is 10.2 Å². The minimum atomic E-state index is -0.539. The third-order valence-corrected chi connectivity index (χ3v) is 5.35. The van der Waals surface area contributed by atoms with Crippen molar-refractivity contribution in [2.75, 3.05) is 46.1 Å². The van der Waals surface area contributed by atoms with Crippen molar-refractivity contribution in [3.63, 3.8) is 0 Å². The molecular formula is C23H30N2O5. The molecule has 1 saturated heterocycles. The summed E-state index contributed by atoms with van der Waals surface area (Å²) in [5.41, 5.74) is 3.10. The molecule has 162 valence electrons. The zero-order valence-corrected chi connectivity index (χ0v) is 17.9. The number of benzene rings is 1. The van der Waals surface area contributed by atoms with Crippen molar-refractivity contribution in [2.24, 2.45) is 0 Å². The van der Waals surface area contributed by atoms with E-state index in [1.54, 1.807) is 6.92 Å². The van der Waals surface area contributed by atoms with Crippen molar-refractivity contribution in [3.8, 4) is 0 Å². The molecule has 30 heavy (non-hydrogen) atoms. The van der Waals surface area contributed by atoms with E-state index in [4.69, 9.17) is 14.2 Å². The molecule has 0 aliphatic carbocycles. The predicted molar refractivity (Wildman–Crippen MR) is 113 cm³/mol. The summed E-state index contributed by atoms with van der Waals surface area (Å²) in [6.07, 6.45) is 0. The summed E-state index contributed by atoms with van der Waals surface area (Å²) in [6.45, 7) is 9.70. The second-order valence-corrected chi connectivity index (χ2v) is 7.36. The van der Waals surface area contributed by atoms with Crippen LogP contribution < -0.4 is 5.32 Å². The molecule has 0 spiro atoms. The molecule has 3 rings (SSSR count). The Morgan fingerprint density at radius 3 is 2.23 bits per heavy atom. The fourth-order valence-electron chi connectivity index (χ4n) is 3.89. The van der Waals surface area contributed by atoms with Crippen LogP contribution in [0.15, 0.2) is 52.9 Å². The van der Waals surface area contributed by atoms with E-state index < -0.39 is 17.9 Å². The molecule has 0 radical (unpaired) electrons. The number of esters is 2. The number of nitrogens with one attached hydrogen (secondary N) is 1. The molecule has 1 aromatic carbocycles. The van der Waals surface area contributed by atoms with Gasteiger partial charge in [-0.2, -0.15) is 0 Å². The SMILES string of the molecule is CCOC(=O)C1=C(C)NC(C)=C(C(=O)OCCN2CCOCC2)C1c1ccccc1. The number of nitrogens with zero attached hydrogens (tertiary/aromatic N) is 1. The smallest absolute Gasteiger partial charge is 0.336 e. The Hall–Kier alpha value is -2.64. The Bertz CT molecular complexity index is 825. The van der Waals surface area contributed by atoms with E-state index >= 15 is 0 Å². The molecule has 1 fully saturated rings. The predicted octanol–water partition coefficient (Wildman–Crippen LogP) is 2.36. The van der Waals surface area contributed by atoms with E-state index in [0.29, 0.717) is 42.3 Å². The first-order valence-electron chi connectivity index (χ1n) is 10.4. The Morgan fingerprint density at radius 2 is 1.63 bits per heavy atom. The van der Waals surface area contributed by atoms with Gasteiger partial charge >= 0.3 is 11.9 Å². The van der Waals surface area contributed by atoms with Crippen LogP contribution in [0.5, 0.6) is 0 Å². The standard InChI is InChI=1S/C23H30N2O5/c1-4-29-22(26)19-16(2)24-17(3)20(21(19)18-8-6-5-7-9-18)23(27)30-15-12-25-10-13-28-14-11-25/h5-9,21,24H,4,10-15H2,1-3H3. The highest BCUT2D eigenvalue weighted by molar-refractivity contribution is 5.99. The molecular weight excluding hydrogens is 384 g/mol. The summed E-state index contributed by atoms with van der Waals surface area (Å²) in [6, 6.07) is 9.52. The van der Waals surface area contributed by atoms with Crippen LogP contribution in [-0.2, 0) is 23.8 Å². The van der Waals surface area contributed by atoms with Crippen molar-refractivity contribution < 1.29 is 23.8 Å². The minimum Gasteiger partial charge on any atom is -0.463 e. The van der Waals surface area contributed by atoms with Crippen molar-refractivity contribution in [1.29, 1.82) is 0 Å². The lowest BCUT2D eigenvalue weighted by Gasteiger charge is -2.31. The summed E-state index contributed by atoms with van der Waals surface area (Å²) >= 11 is 0. The summed E-state index contributed by atoms with van der Waals surface area (Å²) in [5, 5.41) is 3.17. The Kier molecular flexibility index (Phi) is 7.65. The third kappa shape index (κ3) is 5.09. The lowest BCUT2D eigenvalue weighted by atomic mass is 9.80. The molecule has 0 saturated carbocycles. The number of hydrogen-bond donors (Lipinski definition) is 1. The fourth-order valence-corrected chi connectivity index (χ4v) is 3.89. The number of hydrogen-bond acceptors (Lipinski definition) is 7. The van der Waals surface area contributed by atoms with Gasteiger partial charge in [-0.1, -0.05) is 30.3 Å². The maximum atomic E-state index is 13.1. The lowest BCUT2D eigenvalue weighted by molar-refractivity contribution is -0.140. The number of dihydropyridines is 1. The van der Waals surface area contributed by atoms with Gasteiger partial charge in [-0.05, 0) is 26.3 Å². The van der Waals surface area contributed by atoms with Gasteiger partial charge in [-0.15, -0.1) is 0 Å². The minimum absolute atomic E-state index is 0.263. The number of morpholine rings is 1. The largest absolute Gasteiger partial charge is 0.463 e. The molecule has 2 aliphatic heterocycles. The van der Waals surface area contributed by atoms with Crippen LogP contribution in [0.1, 0.15) is 32.3 Å². The summed E-state index contributed by atoms with van der Waals surface area (Å²) in [5.74, 6) is -1.39. The summed E-state index contributed by atoms with van der Waals surface area (Å²) < 4.78 is 16.3. The third-order valence-electron chi connectivity index (χ3n) is 5.35. The van der Waals surface area contributed by atoms with Crippen LogP contribution in [-0.4, -0.2) is 62.9 Å². The van der Waals surface area contributed by atoms with Gasteiger partial charge in [0.2, 0.25) is 0 Å². The van der Waals surface area contributed by atoms with Crippen LogP contribution in [0, 0.1) is 0 Å². The Labute approximate surface area is 177 Å². The van der Waals surface area contributed by atoms with Gasteiger partial charge in [0.05, 0.1) is 36.9 Å². The average molecular weight is 415 g/mol. The van der Waals surface area contributed by atoms with E-state index in [-0.39, 0.29) is 13.2 Å². The van der Waals surface area contributed by atoms with Crippen LogP contribution in [0.2, 0.25) is 0 Å². The van der Waals surface area contributed by atoms with Crippen molar-refractivity contribution in [3.05, 3.63) is 58.4 Å². The van der Waals surface area contributed by atoms with Crippen LogP contribution >= 0.6 is 0 Å². The van der Waals surface area contributed by atoms with Gasteiger partial charge in [-0.3, -0.25) is 4.90 Å². The monoisotopic (exact) mass is 414 g/mol. The van der Waals surface area contributed by atoms with E-state index in [1.807, 2.05) is 44.2 Å². The molecule has 0 aromatic heterocycles. The average Bonchev–Trinajstić information content (AvgIpc) is 2.74. The van der Waals surface area contributed by atoms with Crippen LogP contribution in [0.4, 0.5) is 0 Å². The van der Waals surface area contributed by atoms with Crippen LogP contribution in [0.3, 0.4) is 0 Å². The molecule has 2 aliphatic rings. The number of ether oxygens (including phenoxy) is 3. The molecule has 0 amide bonds. The van der Waals surface area contributed by atoms with Crippen LogP contribution in [0.25, 0.3) is 0 Å². The molecule has 2 heterocycles. The maximum absolute atomic E-state index is 13.1.